The Morgan fingerprint density at radius 2 is 0.818 bits per heavy atom. The molecular weight excluding hydrogens is 1210 g/mol. The van der Waals surface area contributed by atoms with E-state index in [4.69, 9.17) is 9.47 Å². The molecule has 0 bridgehead atoms. The smallest absolute Gasteiger partial charge is 0.200 e. The van der Waals surface area contributed by atoms with Crippen LogP contribution in [0.4, 0.5) is 5.69 Å². The maximum absolute atomic E-state index is 13.8. The zero-order chi connectivity index (χ0) is 70.1. The van der Waals surface area contributed by atoms with Gasteiger partial charge >= 0.3 is 0 Å². The average Bonchev–Trinajstić information content (AvgIpc) is 0.745. The number of allylic oxidation sites excluding steroid dienone is 12. The van der Waals surface area contributed by atoms with E-state index in [-0.39, 0.29) is 33.2 Å². The predicted molar refractivity (Wildman–Crippen MR) is 410 cm³/mol. The standard InChI is InChI=1S/C91H103N4O4/c1-88(2,3)76-31-21-66(22-32-76)61-95(62-67-23-33-77(34-24-67)89(4,5)6)81-41-29-74(30-42-81)85-86(96)84(87(85)97)73-27-39-80(40-28-73)92(13)51-17-15-14-16-18-52-93-53-47-71(48-54-93)72-49-55-94(56-50-72)60-65-19-25-70(26-20-65)75-58-68(63-98-82-43-35-78(36-44-82)90(7,8)9)57-69(59-75)64-99-83-45-37-79(38-46-83)91(10,11)12/h19-50,53-59,84H,14-18,51-52,60-64H2,1-13H3/q+1. The summed E-state index contributed by atoms with van der Waals surface area (Å²) in [4.78, 5) is 34.4. The van der Waals surface area contributed by atoms with Gasteiger partial charge in [-0.25, -0.2) is 4.58 Å². The van der Waals surface area contributed by atoms with Crippen LogP contribution in [0.15, 0.2) is 259 Å². The normalized spacial score (nSPS) is 15.6. The molecular formula is C91H103N4O4+. The molecule has 510 valence electrons. The number of carbonyl (C=O) groups excluding carboxylic acids is 2. The second-order valence-corrected chi connectivity index (χ2v) is 31.6. The molecule has 1 fully saturated rings. The number of carbonyl (C=O) groups is 2. The fraction of sp³-hybridized carbons (Fsp3) is 0.330. The highest BCUT2D eigenvalue weighted by Gasteiger charge is 2.46. The monoisotopic (exact) mass is 1320 g/mol. The Kier molecular flexibility index (Phi) is 22.0. The van der Waals surface area contributed by atoms with Crippen molar-refractivity contribution in [2.24, 2.45) is 0 Å². The zero-order valence-corrected chi connectivity index (χ0v) is 61.0. The maximum atomic E-state index is 13.8. The minimum Gasteiger partial charge on any atom is -0.489 e. The van der Waals surface area contributed by atoms with Crippen LogP contribution >= 0.6 is 0 Å². The molecule has 4 aliphatic rings. The summed E-state index contributed by atoms with van der Waals surface area (Å²) >= 11 is 0. The second kappa shape index (κ2) is 30.7. The van der Waals surface area contributed by atoms with Crippen LogP contribution in [0, 0.1) is 0 Å². The van der Waals surface area contributed by atoms with Crippen molar-refractivity contribution in [1.29, 1.82) is 0 Å². The van der Waals surface area contributed by atoms with Crippen LogP contribution in [-0.2, 0) is 64.1 Å². The minimum atomic E-state index is -0.752. The molecule has 7 aromatic carbocycles. The Morgan fingerprint density at radius 3 is 1.27 bits per heavy atom. The third-order valence-corrected chi connectivity index (χ3v) is 19.6. The van der Waals surface area contributed by atoms with Crippen molar-refractivity contribution in [3.63, 3.8) is 0 Å². The van der Waals surface area contributed by atoms with Crippen LogP contribution in [0.1, 0.15) is 177 Å². The van der Waals surface area contributed by atoms with Gasteiger partial charge in [-0.15, -0.1) is 0 Å². The minimum absolute atomic E-state index is 0.0792. The number of hydrogen-bond acceptors (Lipinski definition) is 7. The van der Waals surface area contributed by atoms with Gasteiger partial charge in [0, 0.05) is 80.4 Å². The Bertz CT molecular complexity index is 4080. The van der Waals surface area contributed by atoms with E-state index in [1.54, 1.807) is 0 Å². The first kappa shape index (κ1) is 70.8. The molecule has 2 heterocycles. The van der Waals surface area contributed by atoms with Crippen LogP contribution in [0.2, 0.25) is 0 Å². The van der Waals surface area contributed by atoms with Crippen molar-refractivity contribution in [3.8, 4) is 22.6 Å². The highest BCUT2D eigenvalue weighted by atomic mass is 16.5. The summed E-state index contributed by atoms with van der Waals surface area (Å²) in [5, 5.41) is 0. The topological polar surface area (TPSA) is 65.3 Å². The van der Waals surface area contributed by atoms with Crippen LogP contribution in [0.5, 0.6) is 11.5 Å². The van der Waals surface area contributed by atoms with Crippen LogP contribution in [0.3, 0.4) is 0 Å². The Morgan fingerprint density at radius 1 is 0.404 bits per heavy atom. The third kappa shape index (κ3) is 18.6. The number of nitrogens with zero attached hydrogens (tertiary/aromatic N) is 4. The lowest BCUT2D eigenvalue weighted by Crippen LogP contribution is -2.39. The zero-order valence-electron chi connectivity index (χ0n) is 61.0. The summed E-state index contributed by atoms with van der Waals surface area (Å²) in [6.07, 6.45) is 31.4. The molecule has 99 heavy (non-hydrogen) atoms. The molecule has 0 saturated heterocycles. The molecule has 2 aliphatic carbocycles. The van der Waals surface area contributed by atoms with Gasteiger partial charge in [-0.1, -0.05) is 212 Å². The summed E-state index contributed by atoms with van der Waals surface area (Å²) in [5.74, 6) is 0.752. The number of Topliss-reactive ketones (excluding diaryl/α,β-unsaturated/α-hetero) is 2. The van der Waals surface area contributed by atoms with Gasteiger partial charge in [-0.2, -0.15) is 0 Å². The quantitative estimate of drug-likeness (QED) is 0.0208. The molecule has 8 nitrogen and oxygen atoms in total. The second-order valence-electron chi connectivity index (χ2n) is 31.6. The van der Waals surface area contributed by atoms with Gasteiger partial charge in [-0.3, -0.25) is 9.59 Å². The molecule has 0 radical (unpaired) electrons. The first-order chi connectivity index (χ1) is 47.3. The highest BCUT2D eigenvalue weighted by Crippen LogP contribution is 2.39. The van der Waals surface area contributed by atoms with E-state index in [2.05, 4.69) is 322 Å². The summed E-state index contributed by atoms with van der Waals surface area (Å²) in [6.45, 7) is 31.9. The molecule has 0 aromatic heterocycles. The van der Waals surface area contributed by atoms with E-state index in [9.17, 15) is 9.59 Å². The lowest BCUT2D eigenvalue weighted by Gasteiger charge is -2.28. The molecule has 8 heteroatoms. The largest absolute Gasteiger partial charge is 0.489 e. The van der Waals surface area contributed by atoms with Gasteiger partial charge in [0.15, 0.2) is 24.7 Å². The summed E-state index contributed by atoms with van der Waals surface area (Å²) in [7, 11) is 2.12. The van der Waals surface area contributed by atoms with Crippen LogP contribution in [0.25, 0.3) is 11.1 Å². The van der Waals surface area contributed by atoms with Crippen molar-refractivity contribution >= 4 is 23.0 Å². The number of anilines is 1. The van der Waals surface area contributed by atoms with Gasteiger partial charge in [0.05, 0.1) is 5.57 Å². The molecule has 0 unspecified atom stereocenters. The molecule has 1 saturated carbocycles. The first-order valence-corrected chi connectivity index (χ1v) is 35.8. The molecule has 11 rings (SSSR count). The van der Waals surface area contributed by atoms with Crippen molar-refractivity contribution < 1.29 is 23.6 Å². The lowest BCUT2D eigenvalue weighted by atomic mass is 9.70. The van der Waals surface area contributed by atoms with Crippen molar-refractivity contribution in [2.75, 3.05) is 25.0 Å². The average molecular weight is 1320 g/mol. The number of unbranched alkanes of at least 4 members (excludes halogenated alkanes) is 4. The van der Waals surface area contributed by atoms with Gasteiger partial charge < -0.3 is 24.2 Å². The third-order valence-electron chi connectivity index (χ3n) is 19.6. The van der Waals surface area contributed by atoms with Crippen LogP contribution < -0.4 is 14.4 Å². The number of ether oxygens (including phenoxy) is 2. The molecule has 2 aliphatic heterocycles. The van der Waals surface area contributed by atoms with Crippen molar-refractivity contribution in [2.45, 2.75) is 176 Å². The van der Waals surface area contributed by atoms with E-state index < -0.39 is 5.92 Å². The van der Waals surface area contributed by atoms with Gasteiger partial charge in [0.25, 0.3) is 0 Å². The summed E-state index contributed by atoms with van der Waals surface area (Å²) in [6, 6.07) is 58.4. The van der Waals surface area contributed by atoms with E-state index in [1.807, 2.05) is 24.3 Å². The van der Waals surface area contributed by atoms with Gasteiger partial charge in [-0.05, 0) is 198 Å². The van der Waals surface area contributed by atoms with E-state index in [1.165, 1.54) is 62.9 Å². The van der Waals surface area contributed by atoms with E-state index >= 15 is 0 Å². The Hall–Kier alpha value is -9.53. The lowest BCUT2D eigenvalue weighted by molar-refractivity contribution is -0.558. The fourth-order valence-corrected chi connectivity index (χ4v) is 13.1. The molecule has 7 aromatic rings. The van der Waals surface area contributed by atoms with Crippen molar-refractivity contribution in [1.82, 2.24) is 9.80 Å². The summed E-state index contributed by atoms with van der Waals surface area (Å²) < 4.78 is 15.1. The number of hydrogen-bond donors (Lipinski definition) is 0. The Labute approximate surface area is 591 Å². The predicted octanol–water partition coefficient (Wildman–Crippen LogP) is 20.8. The first-order valence-electron chi connectivity index (χ1n) is 35.8. The Balaban J connectivity index is 0.605. The van der Waals surface area contributed by atoms with Crippen LogP contribution in [-0.4, -0.2) is 51.8 Å². The number of benzene rings is 7. The summed E-state index contributed by atoms with van der Waals surface area (Å²) in [5.41, 5.74) is 19.9. The fourth-order valence-electron chi connectivity index (χ4n) is 13.1. The number of rotatable bonds is 23. The number of ketones is 2. The van der Waals surface area contributed by atoms with E-state index in [0.717, 1.165) is 103 Å². The van der Waals surface area contributed by atoms with E-state index in [0.29, 0.717) is 24.4 Å². The highest BCUT2D eigenvalue weighted by molar-refractivity contribution is 6.42. The van der Waals surface area contributed by atoms with Gasteiger partial charge in [0.1, 0.15) is 30.6 Å². The maximum Gasteiger partial charge on any atom is 0.200 e. The molecule has 0 amide bonds. The molecule has 0 atom stereocenters. The molecule has 0 N–H and O–H groups in total. The SMILES string of the molecule is CN(CCCCCCCN1C=CC(=C2C=CN(Cc3ccc(-c4cc(COc5ccc(C(C)(C)C)cc5)cc(COc5ccc(C(C)(C)C)cc5)c4)cc3)C=C2)C=C1)c1ccc(C2C(=O)C(=C3C=CC(=[N+](Cc4ccc(C(C)(C)C)cc4)Cc4ccc(C(C)(C)C)cc4)C=C3)C2=O)cc1. The van der Waals surface area contributed by atoms with Gasteiger partial charge in [0.2, 0.25) is 5.71 Å². The molecule has 0 spiro atoms. The van der Waals surface area contributed by atoms with Crippen molar-refractivity contribution in [3.05, 3.63) is 315 Å².